The van der Waals surface area contributed by atoms with E-state index < -0.39 is 5.97 Å². The lowest BCUT2D eigenvalue weighted by Crippen LogP contribution is -2.22. The molecule has 1 heterocycles. The molecule has 0 bridgehead atoms. The van der Waals surface area contributed by atoms with Crippen molar-refractivity contribution in [2.45, 2.75) is 26.7 Å². The zero-order valence-corrected chi connectivity index (χ0v) is 15.0. The topological polar surface area (TPSA) is 45.1 Å². The minimum atomic E-state index is -1.04. The van der Waals surface area contributed by atoms with Crippen molar-refractivity contribution in [3.63, 3.8) is 0 Å². The molecule has 0 amide bonds. The van der Waals surface area contributed by atoms with Crippen LogP contribution in [0.1, 0.15) is 23.2 Å². The van der Waals surface area contributed by atoms with Crippen molar-refractivity contribution in [2.75, 3.05) is 0 Å². The molecule has 0 unspecified atom stereocenters. The lowest BCUT2D eigenvalue weighted by Gasteiger charge is -2.16. The largest absolute Gasteiger partial charge is 0.550 e. The van der Waals surface area contributed by atoms with Crippen LogP contribution in [0, 0.1) is 13.8 Å². The van der Waals surface area contributed by atoms with E-state index in [0.717, 1.165) is 33.8 Å². The average Bonchev–Trinajstić information content (AvgIpc) is 2.96. The highest BCUT2D eigenvalue weighted by Gasteiger charge is 2.13. The van der Waals surface area contributed by atoms with Crippen LogP contribution >= 0.6 is 11.6 Å². The van der Waals surface area contributed by atoms with Crippen molar-refractivity contribution in [2.24, 2.45) is 0 Å². The van der Waals surface area contributed by atoms with Gasteiger partial charge in [-0.15, -0.1) is 0 Å². The van der Waals surface area contributed by atoms with Crippen LogP contribution in [0.4, 0.5) is 0 Å². The monoisotopic (exact) mass is 352 g/mol. The first-order valence-electron chi connectivity index (χ1n) is 8.19. The Bertz CT molecular complexity index is 890. The molecular formula is C21H19ClNO2-. The molecular weight excluding hydrogens is 334 g/mol. The van der Waals surface area contributed by atoms with Gasteiger partial charge >= 0.3 is 0 Å². The molecule has 4 heteroatoms. The molecule has 0 N–H and O–H groups in total. The maximum Gasteiger partial charge on any atom is 0.0531 e. The third kappa shape index (κ3) is 3.94. The average molecular weight is 353 g/mol. The van der Waals surface area contributed by atoms with Gasteiger partial charge in [0, 0.05) is 22.4 Å². The molecule has 0 aliphatic rings. The van der Waals surface area contributed by atoms with E-state index in [9.17, 15) is 9.90 Å². The Balaban J connectivity index is 2.15. The summed E-state index contributed by atoms with van der Waals surface area (Å²) in [6, 6.07) is 18.0. The number of halogens is 1. The van der Waals surface area contributed by atoms with Crippen LogP contribution in [0.15, 0.2) is 54.6 Å². The number of nitrogens with zero attached hydrogens (tertiary/aromatic N) is 1. The van der Waals surface area contributed by atoms with Gasteiger partial charge in [0.05, 0.1) is 5.69 Å². The first-order valence-corrected chi connectivity index (χ1v) is 8.57. The van der Waals surface area contributed by atoms with Crippen molar-refractivity contribution >= 4 is 17.6 Å². The van der Waals surface area contributed by atoms with Crippen LogP contribution in [-0.4, -0.2) is 10.5 Å². The molecule has 2 aromatic carbocycles. The van der Waals surface area contributed by atoms with E-state index in [1.807, 2.05) is 36.4 Å². The minimum Gasteiger partial charge on any atom is -0.550 e. The summed E-state index contributed by atoms with van der Waals surface area (Å²) in [6.45, 7) is 4.12. The highest BCUT2D eigenvalue weighted by Crippen LogP contribution is 2.29. The SMILES string of the molecule is Cc1cc(C)cc(-n2c(CCC(=O)[O-])ccc2-c2ccc(Cl)cc2)c1. The zero-order chi connectivity index (χ0) is 18.0. The molecule has 0 radical (unpaired) electrons. The highest BCUT2D eigenvalue weighted by molar-refractivity contribution is 6.30. The summed E-state index contributed by atoms with van der Waals surface area (Å²) in [5.41, 5.74) is 6.34. The first-order chi connectivity index (χ1) is 11.9. The maximum absolute atomic E-state index is 10.9. The molecule has 3 rings (SSSR count). The van der Waals surface area contributed by atoms with Crippen molar-refractivity contribution in [1.29, 1.82) is 0 Å². The van der Waals surface area contributed by atoms with E-state index >= 15 is 0 Å². The maximum atomic E-state index is 10.9. The predicted octanol–water partition coefficient (Wildman–Crippen LogP) is 4.10. The second kappa shape index (κ2) is 7.16. The fourth-order valence-corrected chi connectivity index (χ4v) is 3.26. The van der Waals surface area contributed by atoms with Gasteiger partial charge in [0.2, 0.25) is 0 Å². The number of carboxylic acids is 1. The third-order valence-electron chi connectivity index (χ3n) is 4.15. The summed E-state index contributed by atoms with van der Waals surface area (Å²) in [7, 11) is 0. The van der Waals surface area contributed by atoms with Gasteiger partial charge in [-0.05, 0) is 79.8 Å². The van der Waals surface area contributed by atoms with Gasteiger partial charge in [-0.25, -0.2) is 0 Å². The summed E-state index contributed by atoms with van der Waals surface area (Å²) >= 11 is 6.01. The summed E-state index contributed by atoms with van der Waals surface area (Å²) in [5, 5.41) is 11.6. The van der Waals surface area contributed by atoms with Crippen molar-refractivity contribution in [3.8, 4) is 16.9 Å². The molecule has 0 saturated carbocycles. The number of carbonyl (C=O) groups excluding carboxylic acids is 1. The lowest BCUT2D eigenvalue weighted by molar-refractivity contribution is -0.305. The molecule has 25 heavy (non-hydrogen) atoms. The Morgan fingerprint density at radius 1 is 1.00 bits per heavy atom. The molecule has 3 nitrogen and oxygen atoms in total. The fourth-order valence-electron chi connectivity index (χ4n) is 3.13. The number of carbonyl (C=O) groups is 1. The molecule has 3 aromatic rings. The summed E-state index contributed by atoms with van der Waals surface area (Å²) < 4.78 is 2.12. The van der Waals surface area contributed by atoms with Gasteiger partial charge in [0.1, 0.15) is 0 Å². The number of aliphatic carboxylic acids is 1. The van der Waals surface area contributed by atoms with Gasteiger partial charge in [0.25, 0.3) is 0 Å². The fraction of sp³-hybridized carbons (Fsp3) is 0.190. The zero-order valence-electron chi connectivity index (χ0n) is 14.3. The van der Waals surface area contributed by atoms with E-state index in [1.165, 1.54) is 0 Å². The summed E-state index contributed by atoms with van der Waals surface area (Å²) in [4.78, 5) is 10.9. The number of benzene rings is 2. The Labute approximate surface area is 152 Å². The van der Waals surface area contributed by atoms with Gasteiger partial charge in [0.15, 0.2) is 0 Å². The van der Waals surface area contributed by atoms with E-state index in [-0.39, 0.29) is 6.42 Å². The second-order valence-electron chi connectivity index (χ2n) is 6.27. The van der Waals surface area contributed by atoms with Crippen LogP contribution < -0.4 is 5.11 Å². The van der Waals surface area contributed by atoms with E-state index in [4.69, 9.17) is 11.6 Å². The van der Waals surface area contributed by atoms with E-state index in [2.05, 4.69) is 36.6 Å². The van der Waals surface area contributed by atoms with Crippen LogP contribution in [0.25, 0.3) is 16.9 Å². The van der Waals surface area contributed by atoms with Crippen LogP contribution in [0.3, 0.4) is 0 Å². The van der Waals surface area contributed by atoms with Crippen LogP contribution in [0.2, 0.25) is 5.02 Å². The van der Waals surface area contributed by atoms with Crippen molar-refractivity contribution in [3.05, 3.63) is 76.4 Å². The Kier molecular flexibility index (Phi) is 4.95. The Morgan fingerprint density at radius 2 is 1.64 bits per heavy atom. The minimum absolute atomic E-state index is 0.00509. The Hall–Kier alpha value is -2.52. The van der Waals surface area contributed by atoms with Gasteiger partial charge in [-0.1, -0.05) is 29.8 Å². The van der Waals surface area contributed by atoms with Gasteiger partial charge in [-0.2, -0.15) is 0 Å². The number of carboxylic acid groups (broad SMARTS) is 1. The number of aromatic nitrogens is 1. The quantitative estimate of drug-likeness (QED) is 0.694. The van der Waals surface area contributed by atoms with Gasteiger partial charge < -0.3 is 14.5 Å². The molecule has 128 valence electrons. The molecule has 0 aliphatic carbocycles. The predicted molar refractivity (Wildman–Crippen MR) is 99.0 cm³/mol. The highest BCUT2D eigenvalue weighted by atomic mass is 35.5. The molecule has 0 spiro atoms. The molecule has 0 aliphatic heterocycles. The number of aryl methyl sites for hydroxylation is 3. The normalized spacial score (nSPS) is 10.8. The molecule has 0 fully saturated rings. The van der Waals surface area contributed by atoms with E-state index in [1.54, 1.807) is 0 Å². The smallest absolute Gasteiger partial charge is 0.0531 e. The van der Waals surface area contributed by atoms with Gasteiger partial charge in [-0.3, -0.25) is 0 Å². The second-order valence-corrected chi connectivity index (χ2v) is 6.71. The standard InChI is InChI=1S/C21H20ClNO2/c1-14-11-15(2)13-19(12-14)23-18(8-10-21(24)25)7-9-20(23)16-3-5-17(22)6-4-16/h3-7,9,11-13H,8,10H2,1-2H3,(H,24,25)/p-1. The summed E-state index contributed by atoms with van der Waals surface area (Å²) in [5.74, 6) is -1.04. The van der Waals surface area contributed by atoms with Crippen molar-refractivity contribution in [1.82, 2.24) is 4.57 Å². The number of hydrogen-bond donors (Lipinski definition) is 0. The third-order valence-corrected chi connectivity index (χ3v) is 4.40. The summed E-state index contributed by atoms with van der Waals surface area (Å²) in [6.07, 6.45) is 0.414. The first kappa shape index (κ1) is 17.3. The molecule has 0 saturated heterocycles. The van der Waals surface area contributed by atoms with Crippen LogP contribution in [0.5, 0.6) is 0 Å². The van der Waals surface area contributed by atoms with Crippen molar-refractivity contribution < 1.29 is 9.90 Å². The van der Waals surface area contributed by atoms with E-state index in [0.29, 0.717) is 11.4 Å². The number of rotatable bonds is 5. The number of hydrogen-bond acceptors (Lipinski definition) is 2. The lowest BCUT2D eigenvalue weighted by atomic mass is 10.1. The van der Waals surface area contributed by atoms with Crippen LogP contribution in [-0.2, 0) is 11.2 Å². The molecule has 0 atom stereocenters. The Morgan fingerprint density at radius 3 is 2.24 bits per heavy atom. The molecule has 1 aromatic heterocycles.